The number of para-hydroxylation sites is 1. The maximum Gasteiger partial charge on any atom is 0.228 e. The average molecular weight is 473 g/mol. The lowest BCUT2D eigenvalue weighted by Crippen LogP contribution is -2.51. The van der Waals surface area contributed by atoms with E-state index < -0.39 is 0 Å². The van der Waals surface area contributed by atoms with Crippen LogP contribution >= 0.6 is 0 Å². The van der Waals surface area contributed by atoms with Gasteiger partial charge in [0.05, 0.1) is 24.2 Å². The number of hydrogen-bond acceptors (Lipinski definition) is 5. The number of pyridine rings is 1. The van der Waals surface area contributed by atoms with Crippen molar-refractivity contribution in [1.82, 2.24) is 9.88 Å². The lowest BCUT2D eigenvalue weighted by molar-refractivity contribution is -0.136. The molecule has 0 spiro atoms. The van der Waals surface area contributed by atoms with E-state index in [0.717, 1.165) is 35.7 Å². The number of fused-ring (bicyclic) bond motifs is 1. The Bertz CT molecular complexity index is 1300. The van der Waals surface area contributed by atoms with Crippen LogP contribution in [0.4, 0.5) is 11.5 Å². The van der Waals surface area contributed by atoms with E-state index in [0.29, 0.717) is 25.4 Å². The number of anilines is 2. The molecule has 0 aliphatic carbocycles. The second-order valence-corrected chi connectivity index (χ2v) is 9.66. The Balaban J connectivity index is 1.26. The summed E-state index contributed by atoms with van der Waals surface area (Å²) in [4.78, 5) is 37.0. The minimum Gasteiger partial charge on any atom is -0.495 e. The molecular weight excluding hydrogens is 440 g/mol. The third kappa shape index (κ3) is 4.31. The minimum absolute atomic E-state index is 0.0305. The zero-order valence-electron chi connectivity index (χ0n) is 20.9. The normalized spacial score (nSPS) is 18.5. The summed E-state index contributed by atoms with van der Waals surface area (Å²) in [6.07, 6.45) is 0.237. The number of aromatic nitrogens is 1. The van der Waals surface area contributed by atoms with Crippen molar-refractivity contribution in [3.05, 3.63) is 59.2 Å². The maximum atomic E-state index is 13.3. The van der Waals surface area contributed by atoms with Crippen molar-refractivity contribution >= 4 is 34.2 Å². The maximum absolute atomic E-state index is 13.3. The number of carbonyl (C=O) groups excluding carboxylic acids is 2. The molecule has 2 saturated heterocycles. The van der Waals surface area contributed by atoms with E-state index >= 15 is 0 Å². The number of carbonyl (C=O) groups is 2. The number of methoxy groups -OCH3 is 1. The van der Waals surface area contributed by atoms with Crippen LogP contribution in [0.2, 0.25) is 0 Å². The quantitative estimate of drug-likeness (QED) is 0.577. The summed E-state index contributed by atoms with van der Waals surface area (Å²) >= 11 is 0. The zero-order valence-corrected chi connectivity index (χ0v) is 20.9. The molecule has 5 rings (SSSR count). The van der Waals surface area contributed by atoms with E-state index in [2.05, 4.69) is 43.0 Å². The second-order valence-electron chi connectivity index (χ2n) is 9.66. The molecular formula is C28H32N4O3. The molecule has 2 fully saturated rings. The third-order valence-electron chi connectivity index (χ3n) is 7.25. The van der Waals surface area contributed by atoms with E-state index in [1.165, 1.54) is 16.5 Å². The van der Waals surface area contributed by atoms with E-state index in [4.69, 9.17) is 9.72 Å². The molecule has 182 valence electrons. The molecule has 2 aliphatic heterocycles. The number of ether oxygens (including phenoxy) is 1. The first-order valence-corrected chi connectivity index (χ1v) is 12.2. The molecule has 0 radical (unpaired) electrons. The molecule has 3 heterocycles. The monoisotopic (exact) mass is 472 g/mol. The van der Waals surface area contributed by atoms with Crippen LogP contribution in [-0.2, 0) is 9.59 Å². The zero-order chi connectivity index (χ0) is 24.7. The first-order valence-electron chi connectivity index (χ1n) is 12.2. The highest BCUT2D eigenvalue weighted by Crippen LogP contribution is 2.34. The summed E-state index contributed by atoms with van der Waals surface area (Å²) in [5.41, 5.74) is 5.21. The molecule has 2 aromatic carbocycles. The Morgan fingerprint density at radius 3 is 2.51 bits per heavy atom. The fraction of sp³-hybridized carbons (Fsp3) is 0.393. The molecule has 2 aliphatic rings. The van der Waals surface area contributed by atoms with Crippen LogP contribution in [0, 0.1) is 26.7 Å². The van der Waals surface area contributed by atoms with Crippen LogP contribution in [0.5, 0.6) is 5.75 Å². The number of hydrogen-bond donors (Lipinski definition) is 0. The summed E-state index contributed by atoms with van der Waals surface area (Å²) in [7, 11) is 1.60. The average Bonchev–Trinajstić information content (AvgIpc) is 3.25. The van der Waals surface area contributed by atoms with Crippen molar-refractivity contribution in [3.8, 4) is 5.75 Å². The van der Waals surface area contributed by atoms with Gasteiger partial charge in [-0.3, -0.25) is 9.59 Å². The van der Waals surface area contributed by atoms with Gasteiger partial charge < -0.3 is 19.4 Å². The van der Waals surface area contributed by atoms with Gasteiger partial charge in [0.25, 0.3) is 0 Å². The number of piperazine rings is 1. The topological polar surface area (TPSA) is 66.0 Å². The van der Waals surface area contributed by atoms with Gasteiger partial charge in [-0.25, -0.2) is 4.98 Å². The van der Waals surface area contributed by atoms with Gasteiger partial charge in [0, 0.05) is 44.5 Å². The van der Waals surface area contributed by atoms with E-state index in [1.54, 1.807) is 12.0 Å². The first kappa shape index (κ1) is 23.1. The summed E-state index contributed by atoms with van der Waals surface area (Å²) in [6, 6.07) is 14.2. The van der Waals surface area contributed by atoms with Gasteiger partial charge in [-0.2, -0.15) is 0 Å². The fourth-order valence-electron chi connectivity index (χ4n) is 5.24. The Kier molecular flexibility index (Phi) is 6.09. The van der Waals surface area contributed by atoms with Crippen molar-refractivity contribution in [1.29, 1.82) is 0 Å². The van der Waals surface area contributed by atoms with Crippen LogP contribution in [-0.4, -0.2) is 61.5 Å². The Morgan fingerprint density at radius 2 is 1.77 bits per heavy atom. The predicted molar refractivity (Wildman–Crippen MR) is 138 cm³/mol. The van der Waals surface area contributed by atoms with Gasteiger partial charge in [0.1, 0.15) is 11.6 Å². The Hall–Kier alpha value is -3.61. The summed E-state index contributed by atoms with van der Waals surface area (Å²) < 4.78 is 5.47. The number of nitrogens with zero attached hydrogens (tertiary/aromatic N) is 4. The largest absolute Gasteiger partial charge is 0.495 e. The molecule has 3 aromatic rings. The highest BCUT2D eigenvalue weighted by atomic mass is 16.5. The highest BCUT2D eigenvalue weighted by molar-refractivity contribution is 6.01. The van der Waals surface area contributed by atoms with Crippen molar-refractivity contribution in [2.75, 3.05) is 49.6 Å². The van der Waals surface area contributed by atoms with Crippen molar-refractivity contribution in [3.63, 3.8) is 0 Å². The minimum atomic E-state index is -0.331. The van der Waals surface area contributed by atoms with Crippen LogP contribution in [0.3, 0.4) is 0 Å². The van der Waals surface area contributed by atoms with Gasteiger partial charge in [0.2, 0.25) is 11.8 Å². The molecule has 1 aromatic heterocycles. The highest BCUT2D eigenvalue weighted by Gasteiger charge is 2.39. The molecule has 7 heteroatoms. The lowest BCUT2D eigenvalue weighted by atomic mass is 10.1. The SMILES string of the molecule is COc1ccc(C)cc1N1CC(C(=O)N2CCN(c3cc(C)c4cccc(C)c4n3)CC2)CC1=O. The van der Waals surface area contributed by atoms with Crippen LogP contribution in [0.15, 0.2) is 42.5 Å². The summed E-state index contributed by atoms with van der Waals surface area (Å²) in [5.74, 6) is 1.31. The van der Waals surface area contributed by atoms with Crippen LogP contribution in [0.1, 0.15) is 23.1 Å². The van der Waals surface area contributed by atoms with E-state index in [1.807, 2.05) is 30.0 Å². The number of rotatable bonds is 4. The van der Waals surface area contributed by atoms with E-state index in [-0.39, 0.29) is 24.2 Å². The summed E-state index contributed by atoms with van der Waals surface area (Å²) in [5, 5.41) is 1.18. The van der Waals surface area contributed by atoms with Crippen LogP contribution < -0.4 is 14.5 Å². The fourth-order valence-corrected chi connectivity index (χ4v) is 5.24. The lowest BCUT2D eigenvalue weighted by Gasteiger charge is -2.36. The Morgan fingerprint density at radius 1 is 1.00 bits per heavy atom. The predicted octanol–water partition coefficient (Wildman–Crippen LogP) is 3.87. The van der Waals surface area contributed by atoms with E-state index in [9.17, 15) is 9.59 Å². The smallest absolute Gasteiger partial charge is 0.228 e. The van der Waals surface area contributed by atoms with Crippen molar-refractivity contribution in [2.24, 2.45) is 5.92 Å². The summed E-state index contributed by atoms with van der Waals surface area (Å²) in [6.45, 7) is 9.30. The van der Waals surface area contributed by atoms with Gasteiger partial charge in [-0.15, -0.1) is 0 Å². The molecule has 1 unspecified atom stereocenters. The van der Waals surface area contributed by atoms with Crippen molar-refractivity contribution < 1.29 is 14.3 Å². The third-order valence-corrected chi connectivity index (χ3v) is 7.25. The van der Waals surface area contributed by atoms with Gasteiger partial charge in [-0.1, -0.05) is 24.3 Å². The first-order chi connectivity index (χ1) is 16.9. The number of amides is 2. The molecule has 2 amide bonds. The van der Waals surface area contributed by atoms with Gasteiger partial charge in [-0.05, 0) is 55.7 Å². The molecule has 7 nitrogen and oxygen atoms in total. The molecule has 35 heavy (non-hydrogen) atoms. The van der Waals surface area contributed by atoms with Crippen LogP contribution in [0.25, 0.3) is 10.9 Å². The second kappa shape index (κ2) is 9.21. The van der Waals surface area contributed by atoms with Gasteiger partial charge >= 0.3 is 0 Å². The molecule has 1 atom stereocenters. The number of benzene rings is 2. The standard InChI is InChI=1S/C28H32N4O3/c1-18-8-9-24(35-4)23(14-18)32-17-21(16-26(32)33)28(34)31-12-10-30(11-13-31)25-15-20(3)22-7-5-6-19(2)27(22)29-25/h5-9,14-15,21H,10-13,16-17H2,1-4H3. The van der Waals surface area contributed by atoms with Gasteiger partial charge in [0.15, 0.2) is 0 Å². The number of aryl methyl sites for hydroxylation is 3. The molecule has 0 bridgehead atoms. The molecule has 0 N–H and O–H groups in total. The Labute approximate surface area is 206 Å². The van der Waals surface area contributed by atoms with Crippen molar-refractivity contribution in [2.45, 2.75) is 27.2 Å². The molecule has 0 saturated carbocycles.